The van der Waals surface area contributed by atoms with E-state index in [-0.39, 0.29) is 13.1 Å². The summed E-state index contributed by atoms with van der Waals surface area (Å²) in [7, 11) is 0. The lowest BCUT2D eigenvalue weighted by Gasteiger charge is -2.44. The zero-order valence-electron chi connectivity index (χ0n) is 15.6. The molecule has 0 saturated carbocycles. The van der Waals surface area contributed by atoms with Crippen LogP contribution >= 0.6 is 0 Å². The number of rotatable bonds is 2. The first-order valence-electron chi connectivity index (χ1n) is 8.29. The summed E-state index contributed by atoms with van der Waals surface area (Å²) in [4.78, 5) is 38.7. The maximum absolute atomic E-state index is 12.3. The second-order valence-corrected chi connectivity index (χ2v) is 7.19. The Kier molecular flexibility index (Phi) is 6.89. The standard InChI is InChI=1S/C16H25F3N2O5/c1-6-11-8-20(14(24)26-15(3,4)5)10(2)7-21(11)12(22)13(23)25-9-16(17,18)19/h10-11H,6-9H2,1-5H3/t10-,11+/m1/s1. The summed E-state index contributed by atoms with van der Waals surface area (Å²) in [5.41, 5.74) is -0.688. The number of carbonyl (C=O) groups is 3. The molecule has 10 heteroatoms. The van der Waals surface area contributed by atoms with Crippen LogP contribution < -0.4 is 0 Å². The van der Waals surface area contributed by atoms with Crippen molar-refractivity contribution in [3.63, 3.8) is 0 Å². The highest BCUT2D eigenvalue weighted by Crippen LogP contribution is 2.21. The first kappa shape index (κ1) is 22.0. The van der Waals surface area contributed by atoms with Crippen molar-refractivity contribution in [3.05, 3.63) is 0 Å². The molecule has 1 saturated heterocycles. The Morgan fingerprint density at radius 3 is 2.12 bits per heavy atom. The average Bonchev–Trinajstić information content (AvgIpc) is 2.49. The highest BCUT2D eigenvalue weighted by molar-refractivity contribution is 6.32. The molecule has 1 aliphatic rings. The molecule has 1 rings (SSSR count). The number of nitrogens with zero attached hydrogens (tertiary/aromatic N) is 2. The van der Waals surface area contributed by atoms with Crippen molar-refractivity contribution in [2.45, 2.75) is 64.9 Å². The van der Waals surface area contributed by atoms with E-state index in [1.165, 1.54) is 4.90 Å². The van der Waals surface area contributed by atoms with E-state index in [1.807, 2.05) is 0 Å². The molecule has 0 aromatic rings. The van der Waals surface area contributed by atoms with Crippen LogP contribution in [0.1, 0.15) is 41.0 Å². The molecule has 0 bridgehead atoms. The monoisotopic (exact) mass is 382 g/mol. The smallest absolute Gasteiger partial charge is 0.422 e. The highest BCUT2D eigenvalue weighted by Gasteiger charge is 2.40. The van der Waals surface area contributed by atoms with Crippen molar-refractivity contribution in [1.82, 2.24) is 9.80 Å². The molecule has 0 aromatic heterocycles. The molecule has 0 radical (unpaired) electrons. The second-order valence-electron chi connectivity index (χ2n) is 7.19. The lowest BCUT2D eigenvalue weighted by Crippen LogP contribution is -2.62. The van der Waals surface area contributed by atoms with Crippen molar-refractivity contribution in [1.29, 1.82) is 0 Å². The van der Waals surface area contributed by atoms with Crippen molar-refractivity contribution in [2.75, 3.05) is 19.7 Å². The number of hydrogen-bond acceptors (Lipinski definition) is 5. The molecular weight excluding hydrogens is 357 g/mol. The first-order chi connectivity index (χ1) is 11.7. The Labute approximate surface area is 150 Å². The number of amides is 2. The SMILES string of the molecule is CC[C@H]1CN(C(=O)OC(C)(C)C)[C@H](C)CN1C(=O)C(=O)OCC(F)(F)F. The fourth-order valence-electron chi connectivity index (χ4n) is 2.54. The summed E-state index contributed by atoms with van der Waals surface area (Å²) in [5, 5.41) is 0. The Hall–Kier alpha value is -2.00. The minimum Gasteiger partial charge on any atom is -0.449 e. The summed E-state index contributed by atoms with van der Waals surface area (Å²) in [5.74, 6) is -2.70. The van der Waals surface area contributed by atoms with Crippen molar-refractivity contribution >= 4 is 18.0 Å². The topological polar surface area (TPSA) is 76.2 Å². The van der Waals surface area contributed by atoms with Crippen LogP contribution in [-0.2, 0) is 19.1 Å². The Morgan fingerprint density at radius 2 is 1.65 bits per heavy atom. The van der Waals surface area contributed by atoms with Crippen LogP contribution in [0.3, 0.4) is 0 Å². The van der Waals surface area contributed by atoms with Crippen LogP contribution in [0.15, 0.2) is 0 Å². The summed E-state index contributed by atoms with van der Waals surface area (Å²) >= 11 is 0. The largest absolute Gasteiger partial charge is 0.449 e. The molecule has 0 aromatic carbocycles. The quantitative estimate of drug-likeness (QED) is 0.541. The van der Waals surface area contributed by atoms with Crippen LogP contribution in [0.2, 0.25) is 0 Å². The zero-order valence-corrected chi connectivity index (χ0v) is 15.6. The van der Waals surface area contributed by atoms with Gasteiger partial charge in [0.05, 0.1) is 0 Å². The minimum atomic E-state index is -4.71. The van der Waals surface area contributed by atoms with Crippen LogP contribution in [-0.4, -0.2) is 71.3 Å². The number of carbonyl (C=O) groups excluding carboxylic acids is 3. The molecule has 1 heterocycles. The van der Waals surface area contributed by atoms with E-state index in [2.05, 4.69) is 4.74 Å². The van der Waals surface area contributed by atoms with E-state index in [1.54, 1.807) is 34.6 Å². The zero-order chi connectivity index (χ0) is 20.3. The molecule has 0 N–H and O–H groups in total. The molecule has 1 fully saturated rings. The van der Waals surface area contributed by atoms with Crippen molar-refractivity contribution < 1.29 is 37.0 Å². The number of alkyl halides is 3. The van der Waals surface area contributed by atoms with Crippen LogP contribution in [0.25, 0.3) is 0 Å². The van der Waals surface area contributed by atoms with Crippen LogP contribution in [0.5, 0.6) is 0 Å². The predicted molar refractivity (Wildman–Crippen MR) is 85.2 cm³/mol. The third-order valence-corrected chi connectivity index (χ3v) is 3.74. The van der Waals surface area contributed by atoms with Crippen molar-refractivity contribution in [3.8, 4) is 0 Å². The molecule has 150 valence electrons. The summed E-state index contributed by atoms with van der Waals surface area (Å²) in [6.07, 6.45) is -4.84. The lowest BCUT2D eigenvalue weighted by atomic mass is 10.1. The number of ether oxygens (including phenoxy) is 2. The van der Waals surface area contributed by atoms with E-state index in [9.17, 15) is 27.6 Å². The van der Waals surface area contributed by atoms with E-state index >= 15 is 0 Å². The van der Waals surface area contributed by atoms with Gasteiger partial charge >= 0.3 is 24.1 Å². The number of hydrogen-bond donors (Lipinski definition) is 0. The van der Waals surface area contributed by atoms with Gasteiger partial charge in [0.15, 0.2) is 6.61 Å². The van der Waals surface area contributed by atoms with Gasteiger partial charge in [0.2, 0.25) is 0 Å². The molecule has 0 aliphatic carbocycles. The number of halogens is 3. The van der Waals surface area contributed by atoms with E-state index in [4.69, 9.17) is 4.74 Å². The van der Waals surface area contributed by atoms with Crippen LogP contribution in [0.4, 0.5) is 18.0 Å². The van der Waals surface area contributed by atoms with E-state index in [0.29, 0.717) is 6.42 Å². The summed E-state index contributed by atoms with van der Waals surface area (Å²) in [6.45, 7) is 6.88. The van der Waals surface area contributed by atoms with Gasteiger partial charge in [-0.2, -0.15) is 13.2 Å². The molecule has 0 spiro atoms. The Morgan fingerprint density at radius 1 is 1.08 bits per heavy atom. The molecular formula is C16H25F3N2O5. The number of esters is 1. The van der Waals surface area contributed by atoms with Gasteiger partial charge < -0.3 is 19.3 Å². The summed E-state index contributed by atoms with van der Waals surface area (Å²) in [6, 6.07) is -0.989. The lowest BCUT2D eigenvalue weighted by molar-refractivity contribution is -0.190. The fraction of sp³-hybridized carbons (Fsp3) is 0.812. The molecule has 2 atom stereocenters. The maximum atomic E-state index is 12.3. The fourth-order valence-corrected chi connectivity index (χ4v) is 2.54. The van der Waals surface area contributed by atoms with Gasteiger partial charge in [-0.1, -0.05) is 6.92 Å². The highest BCUT2D eigenvalue weighted by atomic mass is 19.4. The third kappa shape index (κ3) is 6.38. The average molecular weight is 382 g/mol. The van der Waals surface area contributed by atoms with Gasteiger partial charge in [-0.15, -0.1) is 0 Å². The van der Waals surface area contributed by atoms with Gasteiger partial charge in [0.1, 0.15) is 5.60 Å². The van der Waals surface area contributed by atoms with Gasteiger partial charge in [-0.05, 0) is 34.1 Å². The van der Waals surface area contributed by atoms with Crippen LogP contribution in [0, 0.1) is 0 Å². The van der Waals surface area contributed by atoms with Gasteiger partial charge in [0, 0.05) is 25.2 Å². The Bertz CT molecular complexity index is 545. The summed E-state index contributed by atoms with van der Waals surface area (Å²) < 4.78 is 45.8. The predicted octanol–water partition coefficient (Wildman–Crippen LogP) is 2.34. The van der Waals surface area contributed by atoms with Gasteiger partial charge in [-0.25, -0.2) is 9.59 Å². The third-order valence-electron chi connectivity index (χ3n) is 3.74. The molecule has 0 unspecified atom stereocenters. The minimum absolute atomic E-state index is 0.00228. The van der Waals surface area contributed by atoms with E-state index in [0.717, 1.165) is 4.90 Å². The second kappa shape index (κ2) is 8.13. The Balaban J connectivity index is 2.80. The normalized spacial score (nSPS) is 21.4. The molecule has 7 nitrogen and oxygen atoms in total. The van der Waals surface area contributed by atoms with E-state index < -0.39 is 48.4 Å². The van der Waals surface area contributed by atoms with Gasteiger partial charge in [-0.3, -0.25) is 4.79 Å². The molecule has 1 aliphatic heterocycles. The molecule has 26 heavy (non-hydrogen) atoms. The maximum Gasteiger partial charge on any atom is 0.422 e. The molecule has 2 amide bonds. The number of piperazine rings is 1. The van der Waals surface area contributed by atoms with Crippen molar-refractivity contribution in [2.24, 2.45) is 0 Å². The van der Waals surface area contributed by atoms with Gasteiger partial charge in [0.25, 0.3) is 0 Å². The first-order valence-corrected chi connectivity index (χ1v) is 8.29.